The molecule has 94 valence electrons. The Labute approximate surface area is 120 Å². The van der Waals surface area contributed by atoms with Gasteiger partial charge in [0.2, 0.25) is 0 Å². The monoisotopic (exact) mass is 322 g/mol. The van der Waals surface area contributed by atoms with Gasteiger partial charge >= 0.3 is 0 Å². The molecular formula is C15H15BrOS. The van der Waals surface area contributed by atoms with Gasteiger partial charge < -0.3 is 5.11 Å². The van der Waals surface area contributed by atoms with Crippen LogP contribution in [0.5, 0.6) is 0 Å². The highest BCUT2D eigenvalue weighted by molar-refractivity contribution is 9.10. The molecule has 1 atom stereocenters. The van der Waals surface area contributed by atoms with E-state index in [1.54, 1.807) is 18.7 Å². The molecule has 0 bridgehead atoms. The first-order valence-corrected chi connectivity index (χ1v) is 7.59. The number of rotatable bonds is 4. The van der Waals surface area contributed by atoms with Crippen LogP contribution in [0.3, 0.4) is 0 Å². The Morgan fingerprint density at radius 2 is 1.89 bits per heavy atom. The minimum atomic E-state index is -0.437. The number of thioether (sulfide) groups is 1. The van der Waals surface area contributed by atoms with E-state index >= 15 is 0 Å². The van der Waals surface area contributed by atoms with Crippen LogP contribution >= 0.6 is 27.7 Å². The number of aliphatic hydroxyl groups excluding tert-OH is 1. The Morgan fingerprint density at radius 1 is 1.17 bits per heavy atom. The van der Waals surface area contributed by atoms with Crippen LogP contribution in [0.1, 0.15) is 24.2 Å². The highest BCUT2D eigenvalue weighted by atomic mass is 79.9. The van der Waals surface area contributed by atoms with Gasteiger partial charge in [0.25, 0.3) is 0 Å². The first-order valence-electron chi connectivity index (χ1n) is 5.81. The van der Waals surface area contributed by atoms with Gasteiger partial charge in [-0.2, -0.15) is 0 Å². The molecule has 0 saturated carbocycles. The summed E-state index contributed by atoms with van der Waals surface area (Å²) in [7, 11) is 0. The predicted octanol–water partition coefficient (Wildman–Crippen LogP) is 4.79. The Balaban J connectivity index is 2.05. The van der Waals surface area contributed by atoms with Crippen LogP contribution < -0.4 is 0 Å². The van der Waals surface area contributed by atoms with Crippen molar-refractivity contribution in [2.24, 2.45) is 0 Å². The molecule has 0 amide bonds. The Kier molecular flexibility index (Phi) is 4.87. The van der Waals surface area contributed by atoms with Crippen molar-refractivity contribution in [2.45, 2.75) is 23.7 Å². The van der Waals surface area contributed by atoms with Crippen molar-refractivity contribution in [3.05, 3.63) is 64.1 Å². The van der Waals surface area contributed by atoms with Crippen LogP contribution in [0.4, 0.5) is 0 Å². The van der Waals surface area contributed by atoms with Crippen LogP contribution in [0.25, 0.3) is 0 Å². The lowest BCUT2D eigenvalue weighted by Gasteiger charge is -2.09. The van der Waals surface area contributed by atoms with Gasteiger partial charge in [-0.15, -0.1) is 11.8 Å². The van der Waals surface area contributed by atoms with Gasteiger partial charge in [-0.3, -0.25) is 0 Å². The van der Waals surface area contributed by atoms with Gasteiger partial charge in [0.05, 0.1) is 6.10 Å². The first kappa shape index (κ1) is 13.7. The molecule has 0 saturated heterocycles. The molecule has 0 radical (unpaired) electrons. The van der Waals surface area contributed by atoms with E-state index in [1.807, 2.05) is 12.1 Å². The zero-order valence-electron chi connectivity index (χ0n) is 10.1. The number of aliphatic hydroxyl groups is 1. The first-order chi connectivity index (χ1) is 8.66. The molecule has 0 unspecified atom stereocenters. The summed E-state index contributed by atoms with van der Waals surface area (Å²) >= 11 is 5.30. The van der Waals surface area contributed by atoms with E-state index in [9.17, 15) is 5.11 Å². The average Bonchev–Trinajstić information content (AvgIpc) is 2.37. The molecule has 0 aromatic heterocycles. The lowest BCUT2D eigenvalue weighted by molar-refractivity contribution is 0.198. The zero-order valence-corrected chi connectivity index (χ0v) is 12.5. The molecule has 18 heavy (non-hydrogen) atoms. The van der Waals surface area contributed by atoms with Crippen molar-refractivity contribution in [1.29, 1.82) is 0 Å². The molecule has 2 rings (SSSR count). The molecule has 1 nitrogen and oxygen atoms in total. The molecule has 2 aromatic carbocycles. The second-order valence-corrected chi connectivity index (χ2v) is 6.04. The largest absolute Gasteiger partial charge is 0.389 e. The van der Waals surface area contributed by atoms with E-state index in [4.69, 9.17) is 0 Å². The lowest BCUT2D eigenvalue weighted by atomic mass is 10.1. The Bertz CT molecular complexity index is 511. The van der Waals surface area contributed by atoms with E-state index in [1.165, 1.54) is 10.5 Å². The average molecular weight is 323 g/mol. The van der Waals surface area contributed by atoms with Crippen LogP contribution in [0.15, 0.2) is 57.9 Å². The summed E-state index contributed by atoms with van der Waals surface area (Å²) in [6.07, 6.45) is -0.437. The van der Waals surface area contributed by atoms with Gasteiger partial charge in [0, 0.05) is 15.1 Å². The van der Waals surface area contributed by atoms with Crippen LogP contribution in [0, 0.1) is 0 Å². The predicted molar refractivity (Wildman–Crippen MR) is 80.8 cm³/mol. The van der Waals surface area contributed by atoms with Gasteiger partial charge in [-0.05, 0) is 30.2 Å². The van der Waals surface area contributed by atoms with Gasteiger partial charge in [-0.1, -0.05) is 52.3 Å². The quantitative estimate of drug-likeness (QED) is 0.816. The van der Waals surface area contributed by atoms with E-state index in [0.717, 1.165) is 15.8 Å². The minimum Gasteiger partial charge on any atom is -0.389 e. The van der Waals surface area contributed by atoms with Gasteiger partial charge in [-0.25, -0.2) is 0 Å². The fourth-order valence-electron chi connectivity index (χ4n) is 1.68. The molecule has 0 aliphatic rings. The summed E-state index contributed by atoms with van der Waals surface area (Å²) in [5.41, 5.74) is 2.25. The highest BCUT2D eigenvalue weighted by Gasteiger charge is 2.06. The minimum absolute atomic E-state index is 0.437. The fraction of sp³-hybridized carbons (Fsp3) is 0.200. The van der Waals surface area contributed by atoms with Crippen LogP contribution in [-0.2, 0) is 5.75 Å². The third kappa shape index (κ3) is 3.61. The van der Waals surface area contributed by atoms with E-state index in [-0.39, 0.29) is 0 Å². The van der Waals surface area contributed by atoms with Crippen molar-refractivity contribution >= 4 is 27.7 Å². The Hall–Kier alpha value is -0.770. The number of benzene rings is 2. The molecule has 2 aromatic rings. The van der Waals surface area contributed by atoms with Gasteiger partial charge in [0.1, 0.15) is 0 Å². The summed E-state index contributed by atoms with van der Waals surface area (Å²) in [5.74, 6) is 0.960. The summed E-state index contributed by atoms with van der Waals surface area (Å²) in [6, 6.07) is 16.5. The molecule has 3 heteroatoms. The number of hydrogen-bond donors (Lipinski definition) is 1. The highest BCUT2D eigenvalue weighted by Crippen LogP contribution is 2.30. The third-order valence-corrected chi connectivity index (χ3v) is 4.42. The zero-order chi connectivity index (χ0) is 13.0. The molecule has 0 aliphatic heterocycles. The van der Waals surface area contributed by atoms with Crippen molar-refractivity contribution in [1.82, 2.24) is 0 Å². The maximum Gasteiger partial charge on any atom is 0.0772 e. The summed E-state index contributed by atoms with van der Waals surface area (Å²) in [4.78, 5) is 1.20. The molecule has 0 aliphatic carbocycles. The molecule has 1 N–H and O–H groups in total. The SMILES string of the molecule is C[C@H](O)c1ccc(SCc2ccccc2)cc1Br. The number of halogens is 1. The van der Waals surface area contributed by atoms with Crippen molar-refractivity contribution in [3.63, 3.8) is 0 Å². The van der Waals surface area contributed by atoms with Crippen LogP contribution in [0.2, 0.25) is 0 Å². The van der Waals surface area contributed by atoms with E-state index in [0.29, 0.717) is 0 Å². The Morgan fingerprint density at radius 3 is 2.50 bits per heavy atom. The summed E-state index contributed by atoms with van der Waals surface area (Å²) in [5, 5.41) is 9.57. The second kappa shape index (κ2) is 6.41. The van der Waals surface area contributed by atoms with Crippen molar-refractivity contribution < 1.29 is 5.11 Å². The third-order valence-electron chi connectivity index (χ3n) is 2.67. The molecule has 0 fully saturated rings. The van der Waals surface area contributed by atoms with E-state index in [2.05, 4.69) is 52.3 Å². The summed E-state index contributed by atoms with van der Waals surface area (Å²) in [6.45, 7) is 1.77. The lowest BCUT2D eigenvalue weighted by Crippen LogP contribution is -1.92. The van der Waals surface area contributed by atoms with Crippen molar-refractivity contribution in [3.8, 4) is 0 Å². The standard InChI is InChI=1S/C15H15BrOS/c1-11(17)14-8-7-13(9-15(14)16)18-10-12-5-3-2-4-6-12/h2-9,11,17H,10H2,1H3/t11-/m0/s1. The molecule has 0 spiro atoms. The maximum absolute atomic E-state index is 9.57. The smallest absolute Gasteiger partial charge is 0.0772 e. The topological polar surface area (TPSA) is 20.2 Å². The van der Waals surface area contributed by atoms with Crippen molar-refractivity contribution in [2.75, 3.05) is 0 Å². The van der Waals surface area contributed by atoms with E-state index < -0.39 is 6.10 Å². The molecule has 0 heterocycles. The molecular weight excluding hydrogens is 308 g/mol. The maximum atomic E-state index is 9.57. The fourth-order valence-corrected chi connectivity index (χ4v) is 3.43. The van der Waals surface area contributed by atoms with Crippen LogP contribution in [-0.4, -0.2) is 5.11 Å². The number of hydrogen-bond acceptors (Lipinski definition) is 2. The normalized spacial score (nSPS) is 12.4. The van der Waals surface area contributed by atoms with Gasteiger partial charge in [0.15, 0.2) is 0 Å². The second-order valence-electron chi connectivity index (χ2n) is 4.13. The summed E-state index contributed by atoms with van der Waals surface area (Å²) < 4.78 is 0.968.